The Hall–Kier alpha value is -0.350. The zero-order valence-corrected chi connectivity index (χ0v) is 13.5. The van der Waals surface area contributed by atoms with E-state index in [1.165, 1.54) is 13.3 Å². The number of hydrogen-bond donors (Lipinski definition) is 3. The zero-order chi connectivity index (χ0) is 16.5. The number of oxime groups is 1. The summed E-state index contributed by atoms with van der Waals surface area (Å²) in [5, 5.41) is 13.2. The first-order valence-electron chi connectivity index (χ1n) is 5.50. The van der Waals surface area contributed by atoms with Gasteiger partial charge in [0.05, 0.1) is 6.61 Å². The van der Waals surface area contributed by atoms with Crippen molar-refractivity contribution in [2.24, 2.45) is 5.16 Å². The highest BCUT2D eigenvalue weighted by Crippen LogP contribution is 2.45. The number of nitrogens with zero attached hydrogens (tertiary/aromatic N) is 1. The molecule has 3 unspecified atom stereocenters. The number of phosphoric acid groups is 2. The number of rotatable bonds is 11. The van der Waals surface area contributed by atoms with Crippen LogP contribution in [-0.2, 0) is 32.1 Å². The molecule has 0 saturated carbocycles. The lowest BCUT2D eigenvalue weighted by atomic mass is 10.2. The molecule has 11 nitrogen and oxygen atoms in total. The third kappa shape index (κ3) is 9.30. The van der Waals surface area contributed by atoms with Crippen LogP contribution in [-0.4, -0.2) is 61.3 Å². The van der Waals surface area contributed by atoms with Gasteiger partial charge in [0.15, 0.2) is 0 Å². The molecule has 0 aliphatic rings. The Balaban J connectivity index is 4.73. The van der Waals surface area contributed by atoms with Crippen LogP contribution in [0.3, 0.4) is 0 Å². The van der Waals surface area contributed by atoms with Crippen LogP contribution in [0.5, 0.6) is 0 Å². The number of hydrogen-bond acceptors (Lipinski definition) is 9. The lowest BCUT2D eigenvalue weighted by molar-refractivity contribution is -0.0128. The fourth-order valence-corrected chi connectivity index (χ4v) is 2.14. The second-order valence-corrected chi connectivity index (χ2v) is 6.59. The minimum absolute atomic E-state index is 0.144. The molecule has 13 heteroatoms. The van der Waals surface area contributed by atoms with Crippen molar-refractivity contribution in [2.45, 2.75) is 18.6 Å². The van der Waals surface area contributed by atoms with E-state index in [1.807, 2.05) is 0 Å². The largest absolute Gasteiger partial charge is 0.472 e. The molecule has 4 atom stereocenters. The predicted molar refractivity (Wildman–Crippen MR) is 70.6 cm³/mol. The van der Waals surface area contributed by atoms with Crippen LogP contribution < -0.4 is 0 Å². The quantitative estimate of drug-likeness (QED) is 0.268. The highest BCUT2D eigenvalue weighted by molar-refractivity contribution is 7.47. The molecule has 0 aromatic heterocycles. The van der Waals surface area contributed by atoms with Gasteiger partial charge in [0, 0.05) is 26.9 Å². The minimum atomic E-state index is -4.38. The van der Waals surface area contributed by atoms with Crippen LogP contribution in [0.4, 0.5) is 0 Å². The molecule has 0 fully saturated rings. The van der Waals surface area contributed by atoms with E-state index in [1.54, 1.807) is 0 Å². The summed E-state index contributed by atoms with van der Waals surface area (Å²) in [7, 11) is -5.52. The molecule has 0 rings (SSSR count). The van der Waals surface area contributed by atoms with Gasteiger partial charge in [-0.05, 0) is 0 Å². The summed E-state index contributed by atoms with van der Waals surface area (Å²) in [5.41, 5.74) is 0. The third-order valence-electron chi connectivity index (χ3n) is 2.09. The Bertz CT molecular complexity index is 416. The maximum absolute atomic E-state index is 11.3. The molecule has 0 aliphatic heterocycles. The normalized spacial score (nSPS) is 20.7. The van der Waals surface area contributed by atoms with Gasteiger partial charge in [-0.25, -0.2) is 9.13 Å². The molecule has 0 heterocycles. The van der Waals surface area contributed by atoms with Gasteiger partial charge >= 0.3 is 15.6 Å². The number of aliphatic hydroxyl groups is 1. The summed E-state index contributed by atoms with van der Waals surface area (Å²) in [6.07, 6.45) is -1.80. The molecule has 3 N–H and O–H groups in total. The number of aliphatic hydroxyl groups excluding tert-OH is 1. The topological polar surface area (TPSA) is 153 Å². The summed E-state index contributed by atoms with van der Waals surface area (Å²) in [4.78, 5) is 22.7. The second kappa shape index (κ2) is 9.62. The Morgan fingerprint density at radius 1 is 1.14 bits per heavy atom. The van der Waals surface area contributed by atoms with E-state index in [2.05, 4.69) is 23.6 Å². The minimum Gasteiger partial charge on any atom is -0.399 e. The van der Waals surface area contributed by atoms with Crippen LogP contribution in [0, 0.1) is 0 Å². The first-order valence-corrected chi connectivity index (χ1v) is 8.49. The van der Waals surface area contributed by atoms with E-state index in [0.29, 0.717) is 0 Å². The molecule has 0 bridgehead atoms. The molecular weight excluding hydrogens is 332 g/mol. The van der Waals surface area contributed by atoms with Gasteiger partial charge in [-0.1, -0.05) is 5.16 Å². The monoisotopic (exact) mass is 351 g/mol. The standard InChI is InChI=1S/C8H19NO10P2/c1-15-9-5-4-8(19-21(13,14)17-3)7(10)6-18-20(11,12)16-2/h5,7-8,10H,4,6H2,1-3H3,(H,11,12)(H,13,14)/b9-5-/t7-,8?/m1/s1. The van der Waals surface area contributed by atoms with Crippen molar-refractivity contribution in [3.8, 4) is 0 Å². The van der Waals surface area contributed by atoms with Crippen molar-refractivity contribution < 1.29 is 47.0 Å². The smallest absolute Gasteiger partial charge is 0.399 e. The first-order chi connectivity index (χ1) is 9.67. The molecule has 126 valence electrons. The fourth-order valence-electron chi connectivity index (χ4n) is 1.04. The highest BCUT2D eigenvalue weighted by atomic mass is 31.2. The Morgan fingerprint density at radius 3 is 2.19 bits per heavy atom. The van der Waals surface area contributed by atoms with Gasteiger partial charge in [0.25, 0.3) is 0 Å². The summed E-state index contributed by atoms with van der Waals surface area (Å²) < 4.78 is 40.0. The molecule has 0 aromatic rings. The van der Waals surface area contributed by atoms with Crippen molar-refractivity contribution in [1.82, 2.24) is 0 Å². The second-order valence-electron chi connectivity index (χ2n) is 3.52. The molecule has 0 amide bonds. The SMILES string of the molecule is CO/N=C\CC(OP(=O)(O)OC)[C@H](O)COP(=O)(O)OC. The fraction of sp³-hybridized carbons (Fsp3) is 0.875. The van der Waals surface area contributed by atoms with Crippen LogP contribution in [0.15, 0.2) is 5.16 Å². The highest BCUT2D eigenvalue weighted by Gasteiger charge is 2.31. The summed E-state index contributed by atoms with van der Waals surface area (Å²) >= 11 is 0. The molecular formula is C8H19NO10P2. The van der Waals surface area contributed by atoms with E-state index < -0.39 is 34.5 Å². The summed E-state index contributed by atoms with van der Waals surface area (Å²) in [5.74, 6) is 0. The first kappa shape index (κ1) is 20.6. The third-order valence-corrected chi connectivity index (χ3v) is 4.02. The zero-order valence-electron chi connectivity index (χ0n) is 11.7. The summed E-state index contributed by atoms with van der Waals surface area (Å²) in [6.45, 7) is -0.684. The van der Waals surface area contributed by atoms with E-state index in [4.69, 9.17) is 9.42 Å². The Kier molecular flexibility index (Phi) is 9.46. The van der Waals surface area contributed by atoms with Crippen LogP contribution in [0.25, 0.3) is 0 Å². The lowest BCUT2D eigenvalue weighted by Gasteiger charge is -2.23. The average Bonchev–Trinajstić information content (AvgIpc) is 2.44. The van der Waals surface area contributed by atoms with Crippen molar-refractivity contribution in [3.63, 3.8) is 0 Å². The van der Waals surface area contributed by atoms with Gasteiger partial charge < -0.3 is 19.7 Å². The molecule has 0 spiro atoms. The molecule has 0 radical (unpaired) electrons. The van der Waals surface area contributed by atoms with Crippen molar-refractivity contribution in [1.29, 1.82) is 0 Å². The predicted octanol–water partition coefficient (Wildman–Crippen LogP) is 0.265. The van der Waals surface area contributed by atoms with Crippen LogP contribution in [0.2, 0.25) is 0 Å². The number of phosphoric ester groups is 2. The Morgan fingerprint density at radius 2 is 1.71 bits per heavy atom. The van der Waals surface area contributed by atoms with Crippen molar-refractivity contribution in [3.05, 3.63) is 0 Å². The molecule has 0 aliphatic carbocycles. The van der Waals surface area contributed by atoms with E-state index in [9.17, 15) is 19.1 Å². The van der Waals surface area contributed by atoms with Crippen molar-refractivity contribution >= 4 is 21.9 Å². The summed E-state index contributed by atoms with van der Waals surface area (Å²) in [6, 6.07) is 0. The molecule has 21 heavy (non-hydrogen) atoms. The van der Waals surface area contributed by atoms with Gasteiger partial charge in [0.2, 0.25) is 0 Å². The van der Waals surface area contributed by atoms with E-state index in [-0.39, 0.29) is 6.42 Å². The maximum atomic E-state index is 11.3. The average molecular weight is 351 g/mol. The molecule has 0 aromatic carbocycles. The van der Waals surface area contributed by atoms with E-state index >= 15 is 0 Å². The van der Waals surface area contributed by atoms with Crippen molar-refractivity contribution in [2.75, 3.05) is 27.9 Å². The molecule has 0 saturated heterocycles. The van der Waals surface area contributed by atoms with Gasteiger partial charge in [-0.3, -0.25) is 18.1 Å². The van der Waals surface area contributed by atoms with Crippen LogP contribution in [0.1, 0.15) is 6.42 Å². The lowest BCUT2D eigenvalue weighted by Crippen LogP contribution is -2.32. The Labute approximate surface area is 121 Å². The van der Waals surface area contributed by atoms with E-state index in [0.717, 1.165) is 14.2 Å². The maximum Gasteiger partial charge on any atom is 0.472 e. The van der Waals surface area contributed by atoms with Gasteiger partial charge in [-0.2, -0.15) is 0 Å². The van der Waals surface area contributed by atoms with Gasteiger partial charge in [-0.15, -0.1) is 0 Å². The van der Waals surface area contributed by atoms with Gasteiger partial charge in [0.1, 0.15) is 19.3 Å². The van der Waals surface area contributed by atoms with Crippen LogP contribution >= 0.6 is 15.6 Å².